The van der Waals surface area contributed by atoms with Crippen molar-refractivity contribution in [3.05, 3.63) is 23.8 Å². The number of rotatable bonds is 10. The molecule has 1 N–H and O–H groups in total. The van der Waals surface area contributed by atoms with E-state index in [1.54, 1.807) is 19.9 Å². The lowest BCUT2D eigenvalue weighted by atomic mass is 10.0. The quantitative estimate of drug-likeness (QED) is 0.584. The number of likely N-dealkylation sites (N-methyl/N-ethyl adjacent to an activating group) is 1. The number of nitrogens with one attached hydrogen (secondary N) is 1. The first-order valence-electron chi connectivity index (χ1n) is 9.05. The van der Waals surface area contributed by atoms with Gasteiger partial charge in [-0.15, -0.1) is 0 Å². The summed E-state index contributed by atoms with van der Waals surface area (Å²) in [7, 11) is 4.45. The zero-order chi connectivity index (χ0) is 22.0. The predicted molar refractivity (Wildman–Crippen MR) is 104 cm³/mol. The fourth-order valence-corrected chi connectivity index (χ4v) is 2.34. The van der Waals surface area contributed by atoms with Gasteiger partial charge in [-0.25, -0.2) is 4.79 Å². The van der Waals surface area contributed by atoms with Gasteiger partial charge >= 0.3 is 5.97 Å². The number of carbonyl (C=O) groups is 3. The highest BCUT2D eigenvalue weighted by molar-refractivity contribution is 5.97. The van der Waals surface area contributed by atoms with Crippen molar-refractivity contribution in [1.82, 2.24) is 10.2 Å². The van der Waals surface area contributed by atoms with Crippen LogP contribution in [0.4, 0.5) is 0 Å². The molecule has 1 unspecified atom stereocenters. The minimum absolute atomic E-state index is 0.185. The van der Waals surface area contributed by atoms with Gasteiger partial charge in [-0.2, -0.15) is 5.26 Å². The summed E-state index contributed by atoms with van der Waals surface area (Å²) in [6, 6.07) is 5.66. The van der Waals surface area contributed by atoms with E-state index in [-0.39, 0.29) is 24.4 Å². The van der Waals surface area contributed by atoms with Crippen LogP contribution < -0.4 is 14.8 Å². The van der Waals surface area contributed by atoms with Gasteiger partial charge in [0.05, 0.1) is 26.7 Å². The number of methoxy groups -OCH3 is 2. The van der Waals surface area contributed by atoms with Crippen molar-refractivity contribution in [3.63, 3.8) is 0 Å². The highest BCUT2D eigenvalue weighted by Crippen LogP contribution is 2.22. The summed E-state index contributed by atoms with van der Waals surface area (Å²) in [4.78, 5) is 38.3. The second-order valence-electron chi connectivity index (χ2n) is 6.63. The summed E-state index contributed by atoms with van der Waals surface area (Å²) in [6.45, 7) is 3.28. The minimum atomic E-state index is -0.947. The molecule has 0 radical (unpaired) electrons. The zero-order valence-corrected chi connectivity index (χ0v) is 17.4. The molecule has 29 heavy (non-hydrogen) atoms. The number of hydrogen-bond donors (Lipinski definition) is 1. The first-order chi connectivity index (χ1) is 13.7. The molecule has 0 spiro atoms. The molecule has 9 heteroatoms. The van der Waals surface area contributed by atoms with Crippen LogP contribution in [0.5, 0.6) is 11.5 Å². The van der Waals surface area contributed by atoms with E-state index in [0.717, 1.165) is 0 Å². The molecule has 1 atom stereocenters. The van der Waals surface area contributed by atoms with Crippen LogP contribution in [0.3, 0.4) is 0 Å². The number of carbonyl (C=O) groups excluding carboxylic acids is 3. The first-order valence-corrected chi connectivity index (χ1v) is 9.05. The highest BCUT2D eigenvalue weighted by Gasteiger charge is 2.27. The number of benzene rings is 1. The topological polar surface area (TPSA) is 118 Å². The summed E-state index contributed by atoms with van der Waals surface area (Å²) in [5, 5.41) is 11.2. The molecule has 2 amide bonds. The average Bonchev–Trinajstić information content (AvgIpc) is 2.72. The molecule has 1 aromatic rings. The van der Waals surface area contributed by atoms with Crippen LogP contribution in [-0.2, 0) is 14.3 Å². The molecule has 0 heterocycles. The van der Waals surface area contributed by atoms with E-state index in [2.05, 4.69) is 5.32 Å². The normalized spacial score (nSPS) is 11.2. The van der Waals surface area contributed by atoms with Crippen molar-refractivity contribution in [2.24, 2.45) is 5.92 Å². The molecule has 0 aliphatic rings. The molecular weight excluding hydrogens is 378 g/mol. The van der Waals surface area contributed by atoms with Gasteiger partial charge in [0.15, 0.2) is 6.61 Å². The standard InChI is InChI=1S/C20H27N3O6/c1-13(2)18(20(26)29-12-17(24)23(3)8-6-7-21)22-19(25)14-9-15(27-4)11-16(10-14)28-5/h9-11,13,18H,6,8,12H2,1-5H3,(H,22,25). The Labute approximate surface area is 170 Å². The Morgan fingerprint density at radius 3 is 2.21 bits per heavy atom. The Morgan fingerprint density at radius 2 is 1.72 bits per heavy atom. The Bertz CT molecular complexity index is 750. The number of nitriles is 1. The second-order valence-corrected chi connectivity index (χ2v) is 6.63. The van der Waals surface area contributed by atoms with Crippen LogP contribution in [-0.4, -0.2) is 63.1 Å². The van der Waals surface area contributed by atoms with Gasteiger partial charge in [0, 0.05) is 25.2 Å². The van der Waals surface area contributed by atoms with E-state index in [1.807, 2.05) is 6.07 Å². The van der Waals surface area contributed by atoms with E-state index >= 15 is 0 Å². The molecule has 1 aromatic carbocycles. The van der Waals surface area contributed by atoms with Crippen molar-refractivity contribution < 1.29 is 28.6 Å². The van der Waals surface area contributed by atoms with Crippen LogP contribution in [0, 0.1) is 17.2 Å². The molecule has 0 bridgehead atoms. The number of hydrogen-bond acceptors (Lipinski definition) is 7. The molecule has 0 saturated carbocycles. The van der Waals surface area contributed by atoms with Crippen LogP contribution in [0.25, 0.3) is 0 Å². The highest BCUT2D eigenvalue weighted by atomic mass is 16.5. The monoisotopic (exact) mass is 405 g/mol. The predicted octanol–water partition coefficient (Wildman–Crippen LogP) is 1.37. The van der Waals surface area contributed by atoms with E-state index < -0.39 is 30.4 Å². The van der Waals surface area contributed by atoms with Gasteiger partial charge in [-0.05, 0) is 18.1 Å². The van der Waals surface area contributed by atoms with E-state index in [0.29, 0.717) is 11.5 Å². The van der Waals surface area contributed by atoms with Crippen LogP contribution in [0.1, 0.15) is 30.6 Å². The average molecular weight is 405 g/mol. The number of ether oxygens (including phenoxy) is 3. The first kappa shape index (κ1) is 23.8. The van der Waals surface area contributed by atoms with Gasteiger partial charge in [0.1, 0.15) is 17.5 Å². The third kappa shape index (κ3) is 7.33. The van der Waals surface area contributed by atoms with Gasteiger partial charge in [-0.1, -0.05) is 13.8 Å². The maximum Gasteiger partial charge on any atom is 0.329 e. The molecule has 0 fully saturated rings. The fraction of sp³-hybridized carbons (Fsp3) is 0.500. The van der Waals surface area contributed by atoms with Gasteiger partial charge in [-0.3, -0.25) is 9.59 Å². The maximum atomic E-state index is 12.6. The fourth-order valence-electron chi connectivity index (χ4n) is 2.34. The largest absolute Gasteiger partial charge is 0.497 e. The number of nitrogens with zero attached hydrogens (tertiary/aromatic N) is 2. The molecule has 1 rings (SSSR count). The third-order valence-corrected chi connectivity index (χ3v) is 4.14. The van der Waals surface area contributed by atoms with Crippen molar-refractivity contribution in [2.45, 2.75) is 26.3 Å². The molecule has 0 saturated heterocycles. The van der Waals surface area contributed by atoms with Crippen molar-refractivity contribution in [2.75, 3.05) is 34.4 Å². The lowest BCUT2D eigenvalue weighted by molar-refractivity contribution is -0.154. The van der Waals surface area contributed by atoms with Gasteiger partial charge < -0.3 is 24.4 Å². The van der Waals surface area contributed by atoms with Crippen molar-refractivity contribution in [3.8, 4) is 17.6 Å². The Hall–Kier alpha value is -3.28. The maximum absolute atomic E-state index is 12.6. The van der Waals surface area contributed by atoms with Crippen molar-refractivity contribution >= 4 is 17.8 Å². The Kier molecular flexibility index (Phi) is 9.45. The SMILES string of the molecule is COc1cc(OC)cc(C(=O)NC(C(=O)OCC(=O)N(C)CCC#N)C(C)C)c1. The summed E-state index contributed by atoms with van der Waals surface area (Å²) in [5.41, 5.74) is 0.256. The van der Waals surface area contributed by atoms with E-state index in [4.69, 9.17) is 19.5 Å². The number of esters is 1. The Morgan fingerprint density at radius 1 is 1.14 bits per heavy atom. The van der Waals surface area contributed by atoms with Crippen LogP contribution >= 0.6 is 0 Å². The van der Waals surface area contributed by atoms with Gasteiger partial charge in [0.2, 0.25) is 0 Å². The van der Waals surface area contributed by atoms with Crippen LogP contribution in [0.2, 0.25) is 0 Å². The molecule has 0 aliphatic heterocycles. The summed E-state index contributed by atoms with van der Waals surface area (Å²) in [6.07, 6.45) is 0.185. The summed E-state index contributed by atoms with van der Waals surface area (Å²) >= 11 is 0. The van der Waals surface area contributed by atoms with Crippen molar-refractivity contribution in [1.29, 1.82) is 5.26 Å². The minimum Gasteiger partial charge on any atom is -0.497 e. The Balaban J connectivity index is 2.80. The lowest BCUT2D eigenvalue weighted by Crippen LogP contribution is -2.46. The number of amides is 2. The second kappa shape index (κ2) is 11.5. The van der Waals surface area contributed by atoms with E-state index in [9.17, 15) is 14.4 Å². The van der Waals surface area contributed by atoms with Gasteiger partial charge in [0.25, 0.3) is 11.8 Å². The zero-order valence-electron chi connectivity index (χ0n) is 17.4. The smallest absolute Gasteiger partial charge is 0.329 e. The van der Waals surface area contributed by atoms with Crippen LogP contribution in [0.15, 0.2) is 18.2 Å². The molecule has 158 valence electrons. The molecular formula is C20H27N3O6. The summed E-state index contributed by atoms with van der Waals surface area (Å²) < 4.78 is 15.4. The molecule has 0 aromatic heterocycles. The summed E-state index contributed by atoms with van der Waals surface area (Å²) in [5.74, 6) is -1.06. The van der Waals surface area contributed by atoms with E-state index in [1.165, 1.54) is 38.3 Å². The molecule has 9 nitrogen and oxygen atoms in total. The molecule has 0 aliphatic carbocycles. The third-order valence-electron chi connectivity index (χ3n) is 4.14. The lowest BCUT2D eigenvalue weighted by Gasteiger charge is -2.22.